The van der Waals surface area contributed by atoms with Gasteiger partial charge in [-0.15, -0.1) is 0 Å². The number of fused-ring (bicyclic) bond motifs is 1. The molecule has 4 aromatic rings. The summed E-state index contributed by atoms with van der Waals surface area (Å²) < 4.78 is 7.30. The van der Waals surface area contributed by atoms with Crippen LogP contribution in [-0.4, -0.2) is 27.7 Å². The van der Waals surface area contributed by atoms with Gasteiger partial charge in [0.15, 0.2) is 5.65 Å². The van der Waals surface area contributed by atoms with Gasteiger partial charge in [0, 0.05) is 6.54 Å². The van der Waals surface area contributed by atoms with Crippen LogP contribution in [0.25, 0.3) is 11.2 Å². The number of methoxy groups -OCH3 is 1. The Morgan fingerprint density at radius 1 is 1.00 bits per heavy atom. The number of imidazole rings is 1. The van der Waals surface area contributed by atoms with Gasteiger partial charge >= 0.3 is 6.03 Å². The Balaban J connectivity index is 1.51. The van der Waals surface area contributed by atoms with E-state index < -0.39 is 0 Å². The van der Waals surface area contributed by atoms with E-state index in [0.717, 1.165) is 39.6 Å². The molecule has 7 heteroatoms. The molecule has 7 nitrogen and oxygen atoms in total. The number of urea groups is 1. The minimum absolute atomic E-state index is 0.275. The quantitative estimate of drug-likeness (QED) is 0.488. The average molecular weight is 415 g/mol. The summed E-state index contributed by atoms with van der Waals surface area (Å²) >= 11 is 0. The Morgan fingerprint density at radius 3 is 2.45 bits per heavy atom. The van der Waals surface area contributed by atoms with E-state index in [4.69, 9.17) is 9.72 Å². The van der Waals surface area contributed by atoms with E-state index in [2.05, 4.69) is 20.2 Å². The van der Waals surface area contributed by atoms with Crippen molar-refractivity contribution in [3.8, 4) is 5.75 Å². The summed E-state index contributed by atoms with van der Waals surface area (Å²) in [4.78, 5) is 21.7. The van der Waals surface area contributed by atoms with Crippen molar-refractivity contribution in [1.29, 1.82) is 0 Å². The molecule has 0 atom stereocenters. The molecule has 0 aliphatic rings. The molecule has 0 aliphatic carbocycles. The molecule has 0 fully saturated rings. The minimum Gasteiger partial charge on any atom is -0.497 e. The predicted octanol–water partition coefficient (Wildman–Crippen LogP) is 4.43. The number of pyridine rings is 1. The van der Waals surface area contributed by atoms with Crippen LogP contribution in [0.2, 0.25) is 0 Å². The van der Waals surface area contributed by atoms with Gasteiger partial charge in [-0.05, 0) is 43.2 Å². The number of aromatic nitrogens is 3. The zero-order chi connectivity index (χ0) is 21.8. The lowest BCUT2D eigenvalue weighted by Gasteiger charge is -2.11. The maximum Gasteiger partial charge on any atom is 0.319 e. The Morgan fingerprint density at radius 2 is 1.74 bits per heavy atom. The van der Waals surface area contributed by atoms with Crippen LogP contribution < -0.4 is 15.4 Å². The number of hydrogen-bond donors (Lipinski definition) is 2. The first-order chi connectivity index (χ1) is 15.0. The van der Waals surface area contributed by atoms with E-state index in [-0.39, 0.29) is 6.03 Å². The molecular formula is C24H25N5O2. The van der Waals surface area contributed by atoms with Crippen LogP contribution in [0.3, 0.4) is 0 Å². The summed E-state index contributed by atoms with van der Waals surface area (Å²) in [5, 5.41) is 5.76. The minimum atomic E-state index is -0.275. The third kappa shape index (κ3) is 4.66. The fraction of sp³-hybridized carbons (Fsp3) is 0.208. The lowest BCUT2D eigenvalue weighted by Crippen LogP contribution is -2.28. The van der Waals surface area contributed by atoms with Gasteiger partial charge in [0.2, 0.25) is 0 Å². The molecule has 158 valence electrons. The number of benzene rings is 2. The summed E-state index contributed by atoms with van der Waals surface area (Å²) in [6.45, 7) is 4.95. The summed E-state index contributed by atoms with van der Waals surface area (Å²) in [5.41, 5.74) is 5.09. The Labute approximate surface area is 181 Å². The summed E-state index contributed by atoms with van der Waals surface area (Å²) in [6.07, 6.45) is 0. The first-order valence-corrected chi connectivity index (χ1v) is 10.1. The predicted molar refractivity (Wildman–Crippen MR) is 121 cm³/mol. The van der Waals surface area contributed by atoms with Crippen LogP contribution in [0.15, 0.2) is 60.7 Å². The second-order valence-corrected chi connectivity index (χ2v) is 7.35. The number of aryl methyl sites for hydroxylation is 2. The van der Waals surface area contributed by atoms with Crippen molar-refractivity contribution in [1.82, 2.24) is 19.9 Å². The smallest absolute Gasteiger partial charge is 0.319 e. The lowest BCUT2D eigenvalue weighted by atomic mass is 10.2. The molecule has 31 heavy (non-hydrogen) atoms. The van der Waals surface area contributed by atoms with Crippen LogP contribution in [0.5, 0.6) is 5.75 Å². The molecule has 0 spiro atoms. The number of carbonyl (C=O) groups is 1. The molecular weight excluding hydrogens is 390 g/mol. The molecule has 0 bridgehead atoms. The molecule has 0 saturated carbocycles. The van der Waals surface area contributed by atoms with E-state index in [9.17, 15) is 4.79 Å². The average Bonchev–Trinajstić information content (AvgIpc) is 3.08. The third-order valence-electron chi connectivity index (χ3n) is 5.15. The number of amides is 2. The van der Waals surface area contributed by atoms with E-state index in [1.165, 1.54) is 0 Å². The highest BCUT2D eigenvalue weighted by Crippen LogP contribution is 2.23. The SMILES string of the molecule is COc1ccc(Cn2c(C)nc3cc(NC(=O)NCc4ccccc4)c(C)nc32)cc1. The molecule has 2 aromatic carbocycles. The first-order valence-electron chi connectivity index (χ1n) is 10.1. The van der Waals surface area contributed by atoms with Crippen LogP contribution >= 0.6 is 0 Å². The molecule has 0 radical (unpaired) electrons. The molecule has 0 aliphatic heterocycles. The van der Waals surface area contributed by atoms with E-state index in [0.29, 0.717) is 18.8 Å². The zero-order valence-corrected chi connectivity index (χ0v) is 17.8. The Bertz CT molecular complexity index is 1200. The van der Waals surface area contributed by atoms with Gasteiger partial charge in [-0.1, -0.05) is 42.5 Å². The van der Waals surface area contributed by atoms with Crippen molar-refractivity contribution in [2.24, 2.45) is 0 Å². The van der Waals surface area contributed by atoms with Crippen LogP contribution in [0, 0.1) is 13.8 Å². The van der Waals surface area contributed by atoms with Crippen molar-refractivity contribution >= 4 is 22.9 Å². The molecule has 2 N–H and O–H groups in total. The second-order valence-electron chi connectivity index (χ2n) is 7.35. The van der Waals surface area contributed by atoms with Crippen molar-refractivity contribution in [3.05, 3.63) is 83.3 Å². The van der Waals surface area contributed by atoms with Gasteiger partial charge in [0.1, 0.15) is 17.1 Å². The zero-order valence-electron chi connectivity index (χ0n) is 17.8. The lowest BCUT2D eigenvalue weighted by molar-refractivity contribution is 0.251. The fourth-order valence-corrected chi connectivity index (χ4v) is 3.42. The standard InChI is InChI=1S/C24H25N5O2/c1-16-21(28-24(30)25-14-18-7-5-4-6-8-18)13-22-23(26-16)29(17(2)27-22)15-19-9-11-20(31-3)12-10-19/h4-13H,14-15H2,1-3H3,(H2,25,28,30). The number of carbonyl (C=O) groups excluding carboxylic acids is 1. The Kier molecular flexibility index (Phi) is 5.84. The van der Waals surface area contributed by atoms with Crippen molar-refractivity contribution in [3.63, 3.8) is 0 Å². The highest BCUT2D eigenvalue weighted by Gasteiger charge is 2.14. The normalized spacial score (nSPS) is 10.8. The van der Waals surface area contributed by atoms with Crippen LogP contribution in [0.4, 0.5) is 10.5 Å². The van der Waals surface area contributed by atoms with Gasteiger partial charge in [-0.2, -0.15) is 0 Å². The molecule has 2 aromatic heterocycles. The largest absolute Gasteiger partial charge is 0.497 e. The summed E-state index contributed by atoms with van der Waals surface area (Å²) in [7, 11) is 1.66. The second kappa shape index (κ2) is 8.87. The summed E-state index contributed by atoms with van der Waals surface area (Å²) in [5.74, 6) is 1.69. The number of rotatable bonds is 6. The van der Waals surface area contributed by atoms with Crippen molar-refractivity contribution < 1.29 is 9.53 Å². The highest BCUT2D eigenvalue weighted by molar-refractivity contribution is 5.92. The van der Waals surface area contributed by atoms with E-state index in [1.807, 2.05) is 74.5 Å². The molecule has 0 unspecified atom stereocenters. The van der Waals surface area contributed by atoms with Gasteiger partial charge in [-0.25, -0.2) is 14.8 Å². The molecule has 0 saturated heterocycles. The topological polar surface area (TPSA) is 81.1 Å². The number of ether oxygens (including phenoxy) is 1. The molecule has 2 amide bonds. The van der Waals surface area contributed by atoms with Crippen LogP contribution in [0.1, 0.15) is 22.6 Å². The van der Waals surface area contributed by atoms with E-state index >= 15 is 0 Å². The van der Waals surface area contributed by atoms with Crippen molar-refractivity contribution in [2.45, 2.75) is 26.9 Å². The Hall–Kier alpha value is -3.87. The third-order valence-corrected chi connectivity index (χ3v) is 5.15. The highest BCUT2D eigenvalue weighted by atomic mass is 16.5. The first kappa shape index (κ1) is 20.4. The number of nitrogens with zero attached hydrogens (tertiary/aromatic N) is 3. The maximum atomic E-state index is 12.4. The van der Waals surface area contributed by atoms with Gasteiger partial charge < -0.3 is 19.9 Å². The maximum absolute atomic E-state index is 12.4. The van der Waals surface area contributed by atoms with Gasteiger partial charge in [0.25, 0.3) is 0 Å². The monoisotopic (exact) mass is 415 g/mol. The molecule has 2 heterocycles. The molecule has 4 rings (SSSR count). The fourth-order valence-electron chi connectivity index (χ4n) is 3.42. The number of anilines is 1. The van der Waals surface area contributed by atoms with Crippen molar-refractivity contribution in [2.75, 3.05) is 12.4 Å². The van der Waals surface area contributed by atoms with Gasteiger partial charge in [-0.3, -0.25) is 0 Å². The number of hydrogen-bond acceptors (Lipinski definition) is 4. The van der Waals surface area contributed by atoms with Gasteiger partial charge in [0.05, 0.1) is 25.0 Å². The van der Waals surface area contributed by atoms with Crippen LogP contribution in [-0.2, 0) is 13.1 Å². The van der Waals surface area contributed by atoms with E-state index in [1.54, 1.807) is 7.11 Å². The summed E-state index contributed by atoms with van der Waals surface area (Å²) in [6, 6.07) is 19.3. The number of nitrogens with one attached hydrogen (secondary N) is 2.